The maximum atomic E-state index is 12.8. The zero-order valence-corrected chi connectivity index (χ0v) is 16.3. The van der Waals surface area contributed by atoms with Crippen LogP contribution in [0.1, 0.15) is 33.6 Å². The minimum absolute atomic E-state index is 0.0221. The highest BCUT2D eigenvalue weighted by atomic mass is 16.5. The second kappa shape index (κ2) is 9.26. The van der Waals surface area contributed by atoms with E-state index in [-0.39, 0.29) is 17.7 Å². The molecule has 1 atom stereocenters. The Bertz CT molecular complexity index is 802. The lowest BCUT2D eigenvalue weighted by atomic mass is 9.97. The number of nitrogens with one attached hydrogen (secondary N) is 1. The van der Waals surface area contributed by atoms with Crippen LogP contribution in [0.5, 0.6) is 11.5 Å². The van der Waals surface area contributed by atoms with Crippen LogP contribution in [0.4, 0.5) is 0 Å². The van der Waals surface area contributed by atoms with E-state index in [2.05, 4.69) is 5.32 Å². The molecule has 1 aliphatic rings. The SMILES string of the molecule is COc1ccc(C(=O)NC[C@@H]2CCCN(C(=O)c3ccc(OC)cc3)C2)cc1. The van der Waals surface area contributed by atoms with Gasteiger partial charge in [-0.2, -0.15) is 0 Å². The number of hydrogen-bond donors (Lipinski definition) is 1. The van der Waals surface area contributed by atoms with E-state index < -0.39 is 0 Å². The molecular formula is C22H26N2O4. The summed E-state index contributed by atoms with van der Waals surface area (Å²) in [6, 6.07) is 14.2. The number of ether oxygens (including phenoxy) is 2. The molecule has 0 unspecified atom stereocenters. The third kappa shape index (κ3) is 4.82. The topological polar surface area (TPSA) is 67.9 Å². The van der Waals surface area contributed by atoms with Crippen molar-refractivity contribution in [2.75, 3.05) is 33.9 Å². The van der Waals surface area contributed by atoms with E-state index in [9.17, 15) is 9.59 Å². The number of nitrogens with zero attached hydrogens (tertiary/aromatic N) is 1. The second-order valence-corrected chi connectivity index (χ2v) is 6.93. The van der Waals surface area contributed by atoms with Gasteiger partial charge in [-0.05, 0) is 67.3 Å². The first-order valence-electron chi connectivity index (χ1n) is 9.46. The predicted molar refractivity (Wildman–Crippen MR) is 107 cm³/mol. The van der Waals surface area contributed by atoms with Crippen LogP contribution in [0.3, 0.4) is 0 Å². The lowest BCUT2D eigenvalue weighted by Crippen LogP contribution is -2.43. The molecule has 6 nitrogen and oxygen atoms in total. The summed E-state index contributed by atoms with van der Waals surface area (Å²) in [5.74, 6) is 1.61. The van der Waals surface area contributed by atoms with Gasteiger partial charge in [0.2, 0.25) is 0 Å². The maximum Gasteiger partial charge on any atom is 0.253 e. The molecule has 6 heteroatoms. The summed E-state index contributed by atoms with van der Waals surface area (Å²) in [7, 11) is 3.20. The van der Waals surface area contributed by atoms with Crippen molar-refractivity contribution >= 4 is 11.8 Å². The van der Waals surface area contributed by atoms with Gasteiger partial charge in [0, 0.05) is 30.8 Å². The molecule has 1 aliphatic heterocycles. The number of rotatable bonds is 6. The molecule has 28 heavy (non-hydrogen) atoms. The number of carbonyl (C=O) groups is 2. The molecule has 0 aromatic heterocycles. The Balaban J connectivity index is 1.53. The highest BCUT2D eigenvalue weighted by Crippen LogP contribution is 2.20. The number of methoxy groups -OCH3 is 2. The molecular weight excluding hydrogens is 356 g/mol. The molecule has 0 radical (unpaired) electrons. The van der Waals surface area contributed by atoms with Crippen molar-refractivity contribution in [3.05, 3.63) is 59.7 Å². The molecule has 1 fully saturated rings. The second-order valence-electron chi connectivity index (χ2n) is 6.93. The van der Waals surface area contributed by atoms with Crippen molar-refractivity contribution in [3.8, 4) is 11.5 Å². The van der Waals surface area contributed by atoms with Gasteiger partial charge in [-0.15, -0.1) is 0 Å². The maximum absolute atomic E-state index is 12.8. The Morgan fingerprint density at radius 1 is 0.964 bits per heavy atom. The van der Waals surface area contributed by atoms with Gasteiger partial charge in [0.05, 0.1) is 14.2 Å². The van der Waals surface area contributed by atoms with Crippen molar-refractivity contribution in [2.45, 2.75) is 12.8 Å². The average Bonchev–Trinajstić information content (AvgIpc) is 2.77. The molecule has 148 valence electrons. The Labute approximate surface area is 165 Å². The number of likely N-dealkylation sites (tertiary alicyclic amines) is 1. The van der Waals surface area contributed by atoms with E-state index in [1.807, 2.05) is 4.90 Å². The molecule has 1 N–H and O–H groups in total. The fraction of sp³-hybridized carbons (Fsp3) is 0.364. The Morgan fingerprint density at radius 2 is 1.54 bits per heavy atom. The third-order valence-electron chi connectivity index (χ3n) is 5.05. The van der Waals surface area contributed by atoms with Gasteiger partial charge >= 0.3 is 0 Å². The van der Waals surface area contributed by atoms with Gasteiger partial charge in [0.1, 0.15) is 11.5 Å². The van der Waals surface area contributed by atoms with E-state index in [1.54, 1.807) is 62.8 Å². The van der Waals surface area contributed by atoms with Crippen LogP contribution in [0, 0.1) is 5.92 Å². The zero-order chi connectivity index (χ0) is 19.9. The van der Waals surface area contributed by atoms with Crippen LogP contribution in [0.2, 0.25) is 0 Å². The van der Waals surface area contributed by atoms with Crippen molar-refractivity contribution in [1.82, 2.24) is 10.2 Å². The van der Waals surface area contributed by atoms with E-state index in [0.29, 0.717) is 24.2 Å². The fourth-order valence-electron chi connectivity index (χ4n) is 3.41. The quantitative estimate of drug-likeness (QED) is 0.834. The van der Waals surface area contributed by atoms with Crippen LogP contribution in [0.25, 0.3) is 0 Å². The minimum Gasteiger partial charge on any atom is -0.497 e. The number of carbonyl (C=O) groups excluding carboxylic acids is 2. The summed E-state index contributed by atoms with van der Waals surface area (Å²) in [5, 5.41) is 2.99. The molecule has 1 saturated heterocycles. The highest BCUT2D eigenvalue weighted by molar-refractivity contribution is 5.95. The lowest BCUT2D eigenvalue weighted by Gasteiger charge is -2.33. The Hall–Kier alpha value is -3.02. The lowest BCUT2D eigenvalue weighted by molar-refractivity contribution is 0.0671. The monoisotopic (exact) mass is 382 g/mol. The van der Waals surface area contributed by atoms with Gasteiger partial charge in [-0.1, -0.05) is 0 Å². The van der Waals surface area contributed by atoms with Crippen LogP contribution >= 0.6 is 0 Å². The summed E-state index contributed by atoms with van der Waals surface area (Å²) >= 11 is 0. The highest BCUT2D eigenvalue weighted by Gasteiger charge is 2.25. The Kier molecular flexibility index (Phi) is 6.53. The zero-order valence-electron chi connectivity index (χ0n) is 16.3. The molecule has 2 aromatic rings. The largest absolute Gasteiger partial charge is 0.497 e. The molecule has 1 heterocycles. The molecule has 0 saturated carbocycles. The number of piperidine rings is 1. The standard InChI is InChI=1S/C22H26N2O4/c1-27-19-9-5-17(6-10-19)21(25)23-14-16-4-3-13-24(15-16)22(26)18-7-11-20(28-2)12-8-18/h5-12,16H,3-4,13-15H2,1-2H3,(H,23,25)/t16-/m0/s1. The molecule has 0 aliphatic carbocycles. The van der Waals surface area contributed by atoms with E-state index in [1.165, 1.54) is 0 Å². The molecule has 3 rings (SSSR count). The molecule has 2 aromatic carbocycles. The van der Waals surface area contributed by atoms with Crippen molar-refractivity contribution in [1.29, 1.82) is 0 Å². The van der Waals surface area contributed by atoms with E-state index in [4.69, 9.17) is 9.47 Å². The van der Waals surface area contributed by atoms with Crippen molar-refractivity contribution < 1.29 is 19.1 Å². The summed E-state index contributed by atoms with van der Waals surface area (Å²) in [5.41, 5.74) is 1.26. The molecule has 0 spiro atoms. The van der Waals surface area contributed by atoms with E-state index in [0.717, 1.165) is 30.9 Å². The number of amides is 2. The molecule has 0 bridgehead atoms. The molecule has 2 amide bonds. The van der Waals surface area contributed by atoms with E-state index >= 15 is 0 Å². The van der Waals surface area contributed by atoms with Crippen LogP contribution in [-0.2, 0) is 0 Å². The number of benzene rings is 2. The van der Waals surface area contributed by atoms with Gasteiger partial charge in [-0.3, -0.25) is 9.59 Å². The summed E-state index contributed by atoms with van der Waals surface area (Å²) in [4.78, 5) is 27.0. The average molecular weight is 382 g/mol. The minimum atomic E-state index is -0.110. The summed E-state index contributed by atoms with van der Waals surface area (Å²) < 4.78 is 10.3. The summed E-state index contributed by atoms with van der Waals surface area (Å²) in [6.07, 6.45) is 1.93. The van der Waals surface area contributed by atoms with Crippen LogP contribution < -0.4 is 14.8 Å². The van der Waals surface area contributed by atoms with Crippen LogP contribution in [0.15, 0.2) is 48.5 Å². The first kappa shape index (κ1) is 19.7. The number of hydrogen-bond acceptors (Lipinski definition) is 4. The van der Waals surface area contributed by atoms with Crippen molar-refractivity contribution in [2.24, 2.45) is 5.92 Å². The predicted octanol–water partition coefficient (Wildman–Crippen LogP) is 2.99. The first-order valence-corrected chi connectivity index (χ1v) is 9.46. The summed E-state index contributed by atoms with van der Waals surface area (Å²) in [6.45, 7) is 1.94. The Morgan fingerprint density at radius 3 is 2.11 bits per heavy atom. The van der Waals surface area contributed by atoms with Crippen LogP contribution in [-0.4, -0.2) is 50.6 Å². The van der Waals surface area contributed by atoms with Gasteiger partial charge in [0.15, 0.2) is 0 Å². The third-order valence-corrected chi connectivity index (χ3v) is 5.05. The first-order chi connectivity index (χ1) is 13.6. The smallest absolute Gasteiger partial charge is 0.253 e. The normalized spacial score (nSPS) is 16.4. The van der Waals surface area contributed by atoms with Gasteiger partial charge in [-0.25, -0.2) is 0 Å². The van der Waals surface area contributed by atoms with Gasteiger partial charge < -0.3 is 19.7 Å². The van der Waals surface area contributed by atoms with Crippen molar-refractivity contribution in [3.63, 3.8) is 0 Å². The fourth-order valence-corrected chi connectivity index (χ4v) is 3.41. The van der Waals surface area contributed by atoms with Gasteiger partial charge in [0.25, 0.3) is 11.8 Å².